The molecule has 0 unspecified atom stereocenters. The third-order valence-electron chi connectivity index (χ3n) is 3.77. The normalized spacial score (nSPS) is 12.5. The maximum absolute atomic E-state index is 11.0. The van der Waals surface area contributed by atoms with Gasteiger partial charge in [-0.25, -0.2) is 13.1 Å². The van der Waals surface area contributed by atoms with Crippen molar-refractivity contribution in [2.75, 3.05) is 32.4 Å². The van der Waals surface area contributed by atoms with E-state index in [2.05, 4.69) is 56.7 Å². The van der Waals surface area contributed by atoms with Crippen LogP contribution in [0.15, 0.2) is 29.4 Å². The lowest BCUT2D eigenvalue weighted by Gasteiger charge is -2.11. The average molecular weight is 366 g/mol. The van der Waals surface area contributed by atoms with Crippen molar-refractivity contribution in [3.05, 3.63) is 35.5 Å². The Morgan fingerprint density at radius 2 is 2.04 bits per heavy atom. The Bertz CT molecular complexity index is 827. The van der Waals surface area contributed by atoms with Crippen molar-refractivity contribution in [2.24, 2.45) is 4.99 Å². The first-order chi connectivity index (χ1) is 11.9. The SMILES string of the molecule is CCNC(=NCCNS(C)(=O)=O)NCCc1c[nH]c2cccc(C)c12. The Labute approximate surface area is 149 Å². The zero-order valence-corrected chi connectivity index (χ0v) is 15.8. The van der Waals surface area contributed by atoms with Gasteiger partial charge in [0.05, 0.1) is 12.8 Å². The van der Waals surface area contributed by atoms with Gasteiger partial charge in [0.15, 0.2) is 5.96 Å². The lowest BCUT2D eigenvalue weighted by Crippen LogP contribution is -2.39. The van der Waals surface area contributed by atoms with Gasteiger partial charge < -0.3 is 15.6 Å². The summed E-state index contributed by atoms with van der Waals surface area (Å²) in [6.07, 6.45) is 4.07. The molecule has 0 fully saturated rings. The largest absolute Gasteiger partial charge is 0.361 e. The van der Waals surface area contributed by atoms with E-state index in [1.54, 1.807) is 0 Å². The minimum Gasteiger partial charge on any atom is -0.361 e. The molecule has 0 radical (unpaired) electrons. The second kappa shape index (κ2) is 8.87. The molecule has 0 saturated heterocycles. The van der Waals surface area contributed by atoms with Crippen LogP contribution in [0, 0.1) is 6.92 Å². The van der Waals surface area contributed by atoms with Gasteiger partial charge in [-0.2, -0.15) is 0 Å². The summed E-state index contributed by atoms with van der Waals surface area (Å²) in [6.45, 7) is 6.28. The summed E-state index contributed by atoms with van der Waals surface area (Å²) in [5, 5.41) is 7.73. The fourth-order valence-electron chi connectivity index (χ4n) is 2.70. The number of aliphatic imine (C=N–C) groups is 1. The van der Waals surface area contributed by atoms with Gasteiger partial charge in [0.25, 0.3) is 0 Å². The molecule has 2 rings (SSSR count). The standard InChI is InChI=1S/C17H27N5O2S/c1-4-18-17(20-10-11-22-25(3,23)24)19-9-8-14-12-21-15-7-5-6-13(2)16(14)15/h5-7,12,21-22H,4,8-11H2,1-3H3,(H2,18,19,20). The van der Waals surface area contributed by atoms with Gasteiger partial charge in [-0.15, -0.1) is 0 Å². The van der Waals surface area contributed by atoms with Crippen molar-refractivity contribution < 1.29 is 8.42 Å². The number of rotatable bonds is 8. The van der Waals surface area contributed by atoms with E-state index in [4.69, 9.17) is 0 Å². The number of hydrogen-bond acceptors (Lipinski definition) is 3. The number of guanidine groups is 1. The highest BCUT2D eigenvalue weighted by Crippen LogP contribution is 2.22. The molecular formula is C17H27N5O2S. The highest BCUT2D eigenvalue weighted by atomic mass is 32.2. The van der Waals surface area contributed by atoms with Crippen LogP contribution >= 0.6 is 0 Å². The molecule has 0 spiro atoms. The first-order valence-electron chi connectivity index (χ1n) is 8.43. The molecule has 0 atom stereocenters. The highest BCUT2D eigenvalue weighted by Gasteiger charge is 2.06. The minimum atomic E-state index is -3.17. The third-order valence-corrected chi connectivity index (χ3v) is 4.50. The lowest BCUT2D eigenvalue weighted by molar-refractivity contribution is 0.588. The number of hydrogen-bond donors (Lipinski definition) is 4. The summed E-state index contributed by atoms with van der Waals surface area (Å²) in [7, 11) is -3.17. The van der Waals surface area contributed by atoms with Gasteiger partial charge in [-0.1, -0.05) is 12.1 Å². The molecule has 1 aromatic heterocycles. The molecule has 8 heteroatoms. The molecule has 0 aliphatic rings. The smallest absolute Gasteiger partial charge is 0.208 e. The van der Waals surface area contributed by atoms with Crippen LogP contribution in [-0.4, -0.2) is 51.8 Å². The van der Waals surface area contributed by atoms with Crippen LogP contribution in [0.25, 0.3) is 10.9 Å². The van der Waals surface area contributed by atoms with E-state index >= 15 is 0 Å². The molecule has 0 saturated carbocycles. The Kier molecular flexibility index (Phi) is 6.83. The van der Waals surface area contributed by atoms with E-state index in [9.17, 15) is 8.42 Å². The number of H-pyrrole nitrogens is 1. The van der Waals surface area contributed by atoms with Crippen molar-refractivity contribution in [3.63, 3.8) is 0 Å². The Morgan fingerprint density at radius 3 is 2.76 bits per heavy atom. The van der Waals surface area contributed by atoms with Crippen LogP contribution in [-0.2, 0) is 16.4 Å². The molecule has 4 N–H and O–H groups in total. The van der Waals surface area contributed by atoms with Crippen LogP contribution in [0.1, 0.15) is 18.1 Å². The Hall–Kier alpha value is -2.06. The van der Waals surface area contributed by atoms with E-state index in [-0.39, 0.29) is 6.54 Å². The molecule has 0 aliphatic heterocycles. The summed E-state index contributed by atoms with van der Waals surface area (Å²) >= 11 is 0. The van der Waals surface area contributed by atoms with Gasteiger partial charge in [-0.05, 0) is 37.5 Å². The van der Waals surface area contributed by atoms with E-state index in [1.165, 1.54) is 16.5 Å². The van der Waals surface area contributed by atoms with Crippen molar-refractivity contribution in [1.29, 1.82) is 0 Å². The number of benzene rings is 1. The first-order valence-corrected chi connectivity index (χ1v) is 10.3. The number of nitrogens with zero attached hydrogens (tertiary/aromatic N) is 1. The minimum absolute atomic E-state index is 0.289. The quantitative estimate of drug-likeness (QED) is 0.320. The second-order valence-electron chi connectivity index (χ2n) is 5.92. The predicted molar refractivity (Wildman–Crippen MR) is 104 cm³/mol. The van der Waals surface area contributed by atoms with Crippen LogP contribution in [0.5, 0.6) is 0 Å². The van der Waals surface area contributed by atoms with Crippen LogP contribution in [0.4, 0.5) is 0 Å². The van der Waals surface area contributed by atoms with Crippen molar-refractivity contribution >= 4 is 26.9 Å². The molecule has 1 aromatic carbocycles. The Balaban J connectivity index is 1.90. The van der Waals surface area contributed by atoms with Gasteiger partial charge >= 0.3 is 0 Å². The second-order valence-corrected chi connectivity index (χ2v) is 7.75. The van der Waals surface area contributed by atoms with E-state index < -0.39 is 10.0 Å². The number of aryl methyl sites for hydroxylation is 1. The summed E-state index contributed by atoms with van der Waals surface area (Å²) in [5.41, 5.74) is 3.69. The summed E-state index contributed by atoms with van der Waals surface area (Å²) in [6, 6.07) is 6.25. The third kappa shape index (κ3) is 6.06. The molecule has 0 amide bonds. The van der Waals surface area contributed by atoms with Gasteiger partial charge in [-0.3, -0.25) is 4.99 Å². The Morgan fingerprint density at radius 1 is 1.24 bits per heavy atom. The van der Waals surface area contributed by atoms with E-state index in [1.807, 2.05) is 6.92 Å². The molecule has 138 valence electrons. The first kappa shape index (κ1) is 19.3. The molecule has 1 heterocycles. The van der Waals surface area contributed by atoms with Gasteiger partial charge in [0, 0.05) is 36.7 Å². The lowest BCUT2D eigenvalue weighted by atomic mass is 10.1. The topological polar surface area (TPSA) is 98.4 Å². The molecule has 7 nitrogen and oxygen atoms in total. The van der Waals surface area contributed by atoms with Crippen LogP contribution in [0.2, 0.25) is 0 Å². The molecule has 0 bridgehead atoms. The molecule has 0 aliphatic carbocycles. The average Bonchev–Trinajstić information content (AvgIpc) is 2.95. The number of aromatic nitrogens is 1. The van der Waals surface area contributed by atoms with Crippen LogP contribution in [0.3, 0.4) is 0 Å². The molecule has 25 heavy (non-hydrogen) atoms. The molecular weight excluding hydrogens is 338 g/mol. The predicted octanol–water partition coefficient (Wildman–Crippen LogP) is 1.12. The van der Waals surface area contributed by atoms with Crippen molar-refractivity contribution in [2.45, 2.75) is 20.3 Å². The monoisotopic (exact) mass is 365 g/mol. The van der Waals surface area contributed by atoms with Crippen molar-refractivity contribution in [1.82, 2.24) is 20.3 Å². The molecule has 2 aromatic rings. The highest BCUT2D eigenvalue weighted by molar-refractivity contribution is 7.88. The van der Waals surface area contributed by atoms with Crippen molar-refractivity contribution in [3.8, 4) is 0 Å². The van der Waals surface area contributed by atoms with E-state index in [0.717, 1.165) is 31.3 Å². The number of nitrogens with one attached hydrogen (secondary N) is 4. The van der Waals surface area contributed by atoms with Crippen LogP contribution < -0.4 is 15.4 Å². The van der Waals surface area contributed by atoms with Gasteiger partial charge in [0.1, 0.15) is 0 Å². The maximum atomic E-state index is 11.0. The summed E-state index contributed by atoms with van der Waals surface area (Å²) in [5.74, 6) is 0.689. The zero-order chi connectivity index (χ0) is 18.3. The number of sulfonamides is 1. The number of fused-ring (bicyclic) bond motifs is 1. The maximum Gasteiger partial charge on any atom is 0.208 e. The fraction of sp³-hybridized carbons (Fsp3) is 0.471. The zero-order valence-electron chi connectivity index (χ0n) is 15.0. The van der Waals surface area contributed by atoms with E-state index in [0.29, 0.717) is 12.5 Å². The summed E-state index contributed by atoms with van der Waals surface area (Å²) < 4.78 is 24.5. The van der Waals surface area contributed by atoms with Gasteiger partial charge in [0.2, 0.25) is 10.0 Å². The summed E-state index contributed by atoms with van der Waals surface area (Å²) in [4.78, 5) is 7.68. The fourth-order valence-corrected chi connectivity index (χ4v) is 3.17. The number of aromatic amines is 1.